The van der Waals surface area contributed by atoms with Crippen molar-refractivity contribution < 1.29 is 17.2 Å². The Morgan fingerprint density at radius 2 is 1.71 bits per heavy atom. The molecule has 0 saturated heterocycles. The van der Waals surface area contributed by atoms with E-state index in [0.717, 1.165) is 18.3 Å². The van der Waals surface area contributed by atoms with Crippen LogP contribution in [0, 0.1) is 11.6 Å². The van der Waals surface area contributed by atoms with Gasteiger partial charge in [-0.2, -0.15) is 0 Å². The van der Waals surface area contributed by atoms with Crippen molar-refractivity contribution in [2.45, 2.75) is 4.90 Å². The summed E-state index contributed by atoms with van der Waals surface area (Å²) in [7, 11) is -4.21. The van der Waals surface area contributed by atoms with E-state index in [4.69, 9.17) is 34.8 Å². The molecule has 0 radical (unpaired) electrons. The lowest BCUT2D eigenvalue weighted by molar-refractivity contribution is 0.583. The molecule has 2 aromatic rings. The van der Waals surface area contributed by atoms with Crippen LogP contribution >= 0.6 is 34.8 Å². The lowest BCUT2D eigenvalue weighted by Crippen LogP contribution is -2.15. The molecule has 0 fully saturated rings. The molecule has 0 bridgehead atoms. The Labute approximate surface area is 133 Å². The highest BCUT2D eigenvalue weighted by Gasteiger charge is 2.20. The van der Waals surface area contributed by atoms with Crippen molar-refractivity contribution in [3.63, 3.8) is 0 Å². The fourth-order valence-corrected chi connectivity index (χ4v) is 3.07. The number of aromatic nitrogens is 1. The number of hydrogen-bond acceptors (Lipinski definition) is 3. The molecule has 1 N–H and O–H groups in total. The van der Waals surface area contributed by atoms with Gasteiger partial charge in [-0.3, -0.25) is 4.72 Å². The molecule has 0 saturated carbocycles. The van der Waals surface area contributed by atoms with Gasteiger partial charge >= 0.3 is 0 Å². The Morgan fingerprint density at radius 3 is 2.29 bits per heavy atom. The summed E-state index contributed by atoms with van der Waals surface area (Å²) in [6, 6.07) is 2.31. The van der Waals surface area contributed by atoms with Gasteiger partial charge in [-0.25, -0.2) is 22.2 Å². The number of hydrogen-bond donors (Lipinski definition) is 1. The summed E-state index contributed by atoms with van der Waals surface area (Å²) < 4.78 is 52.6. The van der Waals surface area contributed by atoms with Gasteiger partial charge in [0, 0.05) is 12.3 Å². The maximum atomic E-state index is 13.6. The summed E-state index contributed by atoms with van der Waals surface area (Å²) in [5, 5.41) is -0.601. The maximum absolute atomic E-state index is 13.6. The van der Waals surface area contributed by atoms with E-state index in [-0.39, 0.29) is 15.1 Å². The minimum absolute atomic E-state index is 0.0818. The lowest BCUT2D eigenvalue weighted by atomic mass is 10.3. The van der Waals surface area contributed by atoms with E-state index in [1.54, 1.807) is 0 Å². The summed E-state index contributed by atoms with van der Waals surface area (Å²) in [5.41, 5.74) is -0.580. The van der Waals surface area contributed by atoms with Crippen LogP contribution in [0.25, 0.3) is 0 Å². The number of halogens is 5. The summed E-state index contributed by atoms with van der Waals surface area (Å²) in [4.78, 5) is 3.22. The fourth-order valence-electron chi connectivity index (χ4n) is 1.38. The molecule has 0 spiro atoms. The Hall–Kier alpha value is -1.15. The number of nitrogens with zero attached hydrogens (tertiary/aromatic N) is 1. The van der Waals surface area contributed by atoms with Crippen LogP contribution in [0.3, 0.4) is 0 Å². The van der Waals surface area contributed by atoms with Crippen molar-refractivity contribution in [2.24, 2.45) is 0 Å². The largest absolute Gasteiger partial charge is 0.275 e. The second-order valence-electron chi connectivity index (χ2n) is 3.79. The Balaban J connectivity index is 2.44. The van der Waals surface area contributed by atoms with Gasteiger partial charge in [0.25, 0.3) is 10.0 Å². The molecule has 10 heteroatoms. The van der Waals surface area contributed by atoms with Crippen molar-refractivity contribution in [2.75, 3.05) is 4.72 Å². The van der Waals surface area contributed by atoms with Gasteiger partial charge in [0.05, 0.1) is 10.0 Å². The van der Waals surface area contributed by atoms with Crippen LogP contribution in [0.5, 0.6) is 0 Å². The monoisotopic (exact) mass is 372 g/mol. The van der Waals surface area contributed by atoms with Crippen molar-refractivity contribution in [3.8, 4) is 0 Å². The molecule has 2 rings (SSSR count). The minimum atomic E-state index is -4.21. The summed E-state index contributed by atoms with van der Waals surface area (Å²) >= 11 is 16.9. The average molecular weight is 374 g/mol. The Kier molecular flexibility index (Phi) is 4.57. The molecule has 1 aromatic carbocycles. The van der Waals surface area contributed by atoms with Crippen LogP contribution in [0.2, 0.25) is 15.2 Å². The molecule has 0 aliphatic carbocycles. The van der Waals surface area contributed by atoms with E-state index in [1.807, 2.05) is 4.72 Å². The van der Waals surface area contributed by atoms with Gasteiger partial charge in [0.1, 0.15) is 21.6 Å². The van der Waals surface area contributed by atoms with Crippen LogP contribution in [0.4, 0.5) is 14.5 Å². The quantitative estimate of drug-likeness (QED) is 0.823. The highest BCUT2D eigenvalue weighted by Crippen LogP contribution is 2.29. The number of sulfonamides is 1. The van der Waals surface area contributed by atoms with Crippen molar-refractivity contribution in [1.82, 2.24) is 4.98 Å². The molecule has 0 atom stereocenters. The highest BCUT2D eigenvalue weighted by molar-refractivity contribution is 7.92. The highest BCUT2D eigenvalue weighted by atomic mass is 35.5. The van der Waals surface area contributed by atoms with Gasteiger partial charge in [-0.15, -0.1) is 0 Å². The zero-order chi connectivity index (χ0) is 15.8. The zero-order valence-corrected chi connectivity index (χ0v) is 13.0. The van der Waals surface area contributed by atoms with Crippen LogP contribution in [-0.4, -0.2) is 13.4 Å². The first kappa shape index (κ1) is 16.2. The SMILES string of the molecule is O=S(=O)(Nc1c(F)cc(F)cc1Cl)c1cnc(Cl)c(Cl)c1. The second kappa shape index (κ2) is 5.92. The van der Waals surface area contributed by atoms with Gasteiger partial charge in [0.2, 0.25) is 0 Å². The van der Waals surface area contributed by atoms with Crippen LogP contribution < -0.4 is 4.72 Å². The van der Waals surface area contributed by atoms with E-state index in [0.29, 0.717) is 6.07 Å². The topological polar surface area (TPSA) is 59.1 Å². The second-order valence-corrected chi connectivity index (χ2v) is 6.65. The molecule has 0 aliphatic heterocycles. The van der Waals surface area contributed by atoms with Gasteiger partial charge < -0.3 is 0 Å². The molecule has 0 aliphatic rings. The summed E-state index contributed by atoms with van der Waals surface area (Å²) in [6.45, 7) is 0. The van der Waals surface area contributed by atoms with E-state index in [1.165, 1.54) is 0 Å². The first-order valence-electron chi connectivity index (χ1n) is 5.19. The standard InChI is InChI=1S/C11H5Cl3F2N2O2S/c12-7-1-5(15)2-9(16)10(7)18-21(19,20)6-3-8(13)11(14)17-4-6/h1-4,18H. The molecule has 1 aromatic heterocycles. The van der Waals surface area contributed by atoms with E-state index in [2.05, 4.69) is 4.98 Å². The zero-order valence-electron chi connectivity index (χ0n) is 9.87. The smallest absolute Gasteiger partial charge is 0.263 e. The number of rotatable bonds is 3. The van der Waals surface area contributed by atoms with E-state index < -0.39 is 32.4 Å². The first-order chi connectivity index (χ1) is 9.70. The van der Waals surface area contributed by atoms with Gasteiger partial charge in [-0.05, 0) is 12.1 Å². The molecule has 112 valence electrons. The summed E-state index contributed by atoms with van der Waals surface area (Å²) in [6.07, 6.45) is 0.936. The van der Waals surface area contributed by atoms with Crippen molar-refractivity contribution in [3.05, 3.63) is 51.2 Å². The third kappa shape index (κ3) is 3.55. The van der Waals surface area contributed by atoms with Crippen LogP contribution in [0.1, 0.15) is 0 Å². The Morgan fingerprint density at radius 1 is 1.05 bits per heavy atom. The van der Waals surface area contributed by atoms with Crippen molar-refractivity contribution >= 4 is 50.5 Å². The lowest BCUT2D eigenvalue weighted by Gasteiger charge is -2.11. The number of anilines is 1. The van der Waals surface area contributed by atoms with Gasteiger partial charge in [0.15, 0.2) is 5.82 Å². The fraction of sp³-hybridized carbons (Fsp3) is 0. The molecule has 4 nitrogen and oxygen atoms in total. The van der Waals surface area contributed by atoms with Gasteiger partial charge in [-0.1, -0.05) is 34.8 Å². The summed E-state index contributed by atoms with van der Waals surface area (Å²) in [5.74, 6) is -2.09. The maximum Gasteiger partial charge on any atom is 0.263 e. The first-order valence-corrected chi connectivity index (χ1v) is 7.81. The Bertz CT molecular complexity index is 792. The molecule has 0 unspecified atom stereocenters. The predicted octanol–water partition coefficient (Wildman–Crippen LogP) is 4.12. The molecule has 21 heavy (non-hydrogen) atoms. The minimum Gasteiger partial charge on any atom is -0.275 e. The number of benzene rings is 1. The number of nitrogens with one attached hydrogen (secondary N) is 1. The van der Waals surface area contributed by atoms with Crippen molar-refractivity contribution in [1.29, 1.82) is 0 Å². The van der Waals surface area contributed by atoms with E-state index in [9.17, 15) is 17.2 Å². The molecular weight excluding hydrogens is 369 g/mol. The molecule has 0 amide bonds. The normalized spacial score (nSPS) is 11.5. The number of pyridine rings is 1. The van der Waals surface area contributed by atoms with Crippen LogP contribution in [-0.2, 0) is 10.0 Å². The molecular formula is C11H5Cl3F2N2O2S. The third-order valence-electron chi connectivity index (χ3n) is 2.32. The third-order valence-corrected chi connectivity index (χ3v) is 4.63. The van der Waals surface area contributed by atoms with Crippen LogP contribution in [0.15, 0.2) is 29.3 Å². The van der Waals surface area contributed by atoms with E-state index >= 15 is 0 Å². The molecule has 1 heterocycles. The predicted molar refractivity (Wildman–Crippen MR) is 76.4 cm³/mol. The average Bonchev–Trinajstić information content (AvgIpc) is 2.37.